The Morgan fingerprint density at radius 1 is 1.10 bits per heavy atom. The molecule has 2 N–H and O–H groups in total. The number of thiocarbonyl (C=S) groups is 1. The second-order valence-corrected chi connectivity index (χ2v) is 6.79. The summed E-state index contributed by atoms with van der Waals surface area (Å²) < 4.78 is 24.4. The maximum atomic E-state index is 13.0. The Morgan fingerprint density at radius 3 is 2.38 bits per heavy atom. The van der Waals surface area contributed by atoms with Gasteiger partial charge in [-0.3, -0.25) is 20.2 Å². The molecule has 1 saturated heterocycles. The zero-order chi connectivity index (χ0) is 21.0. The maximum absolute atomic E-state index is 13.0. The van der Waals surface area contributed by atoms with E-state index in [2.05, 4.69) is 10.6 Å². The van der Waals surface area contributed by atoms with Crippen molar-refractivity contribution in [2.75, 3.05) is 6.61 Å². The van der Waals surface area contributed by atoms with Gasteiger partial charge in [0.25, 0.3) is 11.8 Å². The van der Waals surface area contributed by atoms with E-state index in [1.54, 1.807) is 31.2 Å². The Hall–Kier alpha value is -2.97. The van der Waals surface area contributed by atoms with Crippen molar-refractivity contribution in [1.82, 2.24) is 10.6 Å². The van der Waals surface area contributed by atoms with Crippen molar-refractivity contribution in [1.29, 1.82) is 0 Å². The Morgan fingerprint density at radius 2 is 1.76 bits per heavy atom. The summed E-state index contributed by atoms with van der Waals surface area (Å²) in [6.07, 6.45) is 1.38. The summed E-state index contributed by atoms with van der Waals surface area (Å²) in [6.45, 7) is 2.30. The Balaban J connectivity index is 1.88. The van der Waals surface area contributed by atoms with Crippen LogP contribution in [0, 0.1) is 5.82 Å². The van der Waals surface area contributed by atoms with Crippen LogP contribution in [0.3, 0.4) is 0 Å². The van der Waals surface area contributed by atoms with Crippen LogP contribution in [0.4, 0.5) is 4.39 Å². The molecule has 0 bridgehead atoms. The third-order valence-electron chi connectivity index (χ3n) is 3.88. The molecule has 0 unspecified atom stereocenters. The number of rotatable bonds is 6. The molecule has 2 aromatic carbocycles. The van der Waals surface area contributed by atoms with E-state index in [4.69, 9.17) is 33.3 Å². The number of benzene rings is 2. The van der Waals surface area contributed by atoms with Crippen LogP contribution in [-0.2, 0) is 16.2 Å². The third kappa shape index (κ3) is 5.10. The summed E-state index contributed by atoms with van der Waals surface area (Å²) in [4.78, 5) is 24.0. The number of nitrogens with one attached hydrogen (secondary N) is 2. The predicted octanol–water partition coefficient (Wildman–Crippen LogP) is 3.37. The fourth-order valence-corrected chi connectivity index (χ4v) is 3.04. The molecule has 6 nitrogen and oxygen atoms in total. The van der Waals surface area contributed by atoms with Gasteiger partial charge in [-0.15, -0.1) is 0 Å². The van der Waals surface area contributed by atoms with Gasteiger partial charge in [-0.1, -0.05) is 23.7 Å². The van der Waals surface area contributed by atoms with E-state index in [1.807, 2.05) is 0 Å². The van der Waals surface area contributed by atoms with Crippen molar-refractivity contribution in [2.24, 2.45) is 0 Å². The smallest absolute Gasteiger partial charge is 0.263 e. The van der Waals surface area contributed by atoms with Gasteiger partial charge in [-0.2, -0.15) is 0 Å². The molecule has 1 aliphatic heterocycles. The first-order valence-corrected chi connectivity index (χ1v) is 9.38. The number of ether oxygens (including phenoxy) is 2. The van der Waals surface area contributed by atoms with Crippen molar-refractivity contribution in [3.8, 4) is 11.5 Å². The Labute approximate surface area is 176 Å². The second kappa shape index (κ2) is 9.02. The number of amides is 2. The second-order valence-electron chi connectivity index (χ2n) is 5.97. The van der Waals surface area contributed by atoms with E-state index in [-0.39, 0.29) is 28.1 Å². The van der Waals surface area contributed by atoms with Crippen LogP contribution in [-0.4, -0.2) is 23.5 Å². The predicted molar refractivity (Wildman–Crippen MR) is 110 cm³/mol. The molecule has 0 aliphatic carbocycles. The molecule has 0 radical (unpaired) electrons. The van der Waals surface area contributed by atoms with Crippen LogP contribution in [0.2, 0.25) is 5.02 Å². The molecule has 150 valence electrons. The standard InChI is InChI=1S/C20H16ClFN2O4S/c1-2-27-16-9-12(7-14-18(25)23-20(29)24-19(14)26)8-15(21)17(16)28-10-11-3-5-13(22)6-4-11/h3-9H,2,10H2,1H3,(H2,23,24,25,26,29). The quantitative estimate of drug-likeness (QED) is 0.414. The molecule has 0 saturated carbocycles. The van der Waals surface area contributed by atoms with Crippen molar-refractivity contribution in [2.45, 2.75) is 13.5 Å². The molecule has 1 aliphatic rings. The fourth-order valence-electron chi connectivity index (χ4n) is 2.58. The zero-order valence-electron chi connectivity index (χ0n) is 15.3. The van der Waals surface area contributed by atoms with Gasteiger partial charge in [0.05, 0.1) is 11.6 Å². The summed E-state index contributed by atoms with van der Waals surface area (Å²) in [5.41, 5.74) is 1.11. The Bertz CT molecular complexity index is 986. The summed E-state index contributed by atoms with van der Waals surface area (Å²) in [7, 11) is 0. The maximum Gasteiger partial charge on any atom is 0.263 e. The lowest BCUT2D eigenvalue weighted by Gasteiger charge is -2.17. The minimum absolute atomic E-state index is 0.0465. The highest BCUT2D eigenvalue weighted by atomic mass is 35.5. The largest absolute Gasteiger partial charge is 0.490 e. The number of hydrogen-bond donors (Lipinski definition) is 2. The van der Waals surface area contributed by atoms with Crippen LogP contribution in [0.5, 0.6) is 11.5 Å². The number of hydrogen-bond acceptors (Lipinski definition) is 5. The average molecular weight is 435 g/mol. The molecule has 1 fully saturated rings. The summed E-state index contributed by atoms with van der Waals surface area (Å²) in [5, 5.41) is 4.92. The van der Waals surface area contributed by atoms with Gasteiger partial charge >= 0.3 is 0 Å². The van der Waals surface area contributed by atoms with Crippen LogP contribution < -0.4 is 20.1 Å². The molecular weight excluding hydrogens is 419 g/mol. The van der Waals surface area contributed by atoms with Gasteiger partial charge in [0.15, 0.2) is 16.6 Å². The van der Waals surface area contributed by atoms with Crippen molar-refractivity contribution in [3.63, 3.8) is 0 Å². The van der Waals surface area contributed by atoms with E-state index in [9.17, 15) is 14.0 Å². The lowest BCUT2D eigenvalue weighted by atomic mass is 10.1. The highest BCUT2D eigenvalue weighted by Crippen LogP contribution is 2.38. The van der Waals surface area contributed by atoms with Gasteiger partial charge in [0.1, 0.15) is 18.0 Å². The summed E-state index contributed by atoms with van der Waals surface area (Å²) in [6, 6.07) is 9.04. The highest BCUT2D eigenvalue weighted by molar-refractivity contribution is 7.80. The first-order valence-electron chi connectivity index (χ1n) is 8.59. The first-order chi connectivity index (χ1) is 13.9. The molecule has 0 atom stereocenters. The van der Waals surface area contributed by atoms with E-state index in [0.29, 0.717) is 23.7 Å². The zero-order valence-corrected chi connectivity index (χ0v) is 16.8. The molecule has 1 heterocycles. The normalized spacial score (nSPS) is 13.6. The minimum Gasteiger partial charge on any atom is -0.490 e. The van der Waals surface area contributed by atoms with Gasteiger partial charge in [0.2, 0.25) is 0 Å². The minimum atomic E-state index is -0.607. The highest BCUT2D eigenvalue weighted by Gasteiger charge is 2.26. The third-order valence-corrected chi connectivity index (χ3v) is 4.37. The van der Waals surface area contributed by atoms with Gasteiger partial charge in [0, 0.05) is 0 Å². The fraction of sp³-hybridized carbons (Fsp3) is 0.150. The van der Waals surface area contributed by atoms with E-state index in [0.717, 1.165) is 5.56 Å². The topological polar surface area (TPSA) is 76.7 Å². The number of halogens is 2. The van der Waals surface area contributed by atoms with Crippen molar-refractivity contribution in [3.05, 3.63) is 63.9 Å². The van der Waals surface area contributed by atoms with E-state index < -0.39 is 11.8 Å². The summed E-state index contributed by atoms with van der Waals surface area (Å²) >= 11 is 11.1. The number of carbonyl (C=O) groups excluding carboxylic acids is 2. The summed E-state index contributed by atoms with van der Waals surface area (Å²) in [5.74, 6) is -0.899. The van der Waals surface area contributed by atoms with Crippen LogP contribution in [0.1, 0.15) is 18.1 Å². The number of carbonyl (C=O) groups is 2. The van der Waals surface area contributed by atoms with Gasteiger partial charge < -0.3 is 9.47 Å². The molecule has 29 heavy (non-hydrogen) atoms. The SMILES string of the molecule is CCOc1cc(C=C2C(=O)NC(=S)NC2=O)cc(Cl)c1OCc1ccc(F)cc1. The lowest BCUT2D eigenvalue weighted by molar-refractivity contribution is -0.123. The molecule has 3 rings (SSSR count). The molecule has 9 heteroatoms. The van der Waals surface area contributed by atoms with Crippen molar-refractivity contribution < 1.29 is 23.5 Å². The average Bonchev–Trinajstić information content (AvgIpc) is 2.65. The molecule has 0 spiro atoms. The molecule has 2 amide bonds. The van der Waals surface area contributed by atoms with Crippen LogP contribution in [0.25, 0.3) is 6.08 Å². The first kappa shape index (κ1) is 20.8. The molecule has 0 aromatic heterocycles. The van der Waals surface area contributed by atoms with Gasteiger partial charge in [-0.25, -0.2) is 4.39 Å². The van der Waals surface area contributed by atoms with Crippen LogP contribution in [0.15, 0.2) is 42.0 Å². The lowest BCUT2D eigenvalue weighted by Crippen LogP contribution is -2.51. The molecule has 2 aromatic rings. The van der Waals surface area contributed by atoms with E-state index >= 15 is 0 Å². The van der Waals surface area contributed by atoms with Gasteiger partial charge in [-0.05, 0) is 60.6 Å². The van der Waals surface area contributed by atoms with E-state index in [1.165, 1.54) is 18.2 Å². The van der Waals surface area contributed by atoms with Crippen LogP contribution >= 0.6 is 23.8 Å². The molecular formula is C20H16ClFN2O4S. The monoisotopic (exact) mass is 434 g/mol. The van der Waals surface area contributed by atoms with Crippen molar-refractivity contribution >= 4 is 46.8 Å². The Kier molecular flexibility index (Phi) is 6.46.